The summed E-state index contributed by atoms with van der Waals surface area (Å²) in [4.78, 5) is 12.0. The van der Waals surface area contributed by atoms with Gasteiger partial charge in [0, 0.05) is 18.2 Å². The van der Waals surface area contributed by atoms with Crippen LogP contribution in [0.2, 0.25) is 0 Å². The molecule has 5 heteroatoms. The first kappa shape index (κ1) is 17.5. The minimum Gasteiger partial charge on any atom is -0.508 e. The van der Waals surface area contributed by atoms with Gasteiger partial charge in [-0.1, -0.05) is 24.3 Å². The van der Waals surface area contributed by atoms with Crippen LogP contribution in [0.5, 0.6) is 17.2 Å². The fraction of sp³-hybridized carbons (Fsp3) is 0.0952. The van der Waals surface area contributed by atoms with E-state index in [1.165, 1.54) is 12.1 Å². The first-order valence-corrected chi connectivity index (χ1v) is 8.20. The molecular formula is C21H18FNO3. The maximum atomic E-state index is 13.2. The zero-order valence-corrected chi connectivity index (χ0v) is 14.0. The molecule has 3 aromatic rings. The van der Waals surface area contributed by atoms with Crippen LogP contribution in [0.1, 0.15) is 12.0 Å². The van der Waals surface area contributed by atoms with E-state index in [2.05, 4.69) is 5.32 Å². The third-order valence-electron chi connectivity index (χ3n) is 3.78. The largest absolute Gasteiger partial charge is 0.508 e. The van der Waals surface area contributed by atoms with Gasteiger partial charge in [-0.3, -0.25) is 4.79 Å². The van der Waals surface area contributed by atoms with Crippen molar-refractivity contribution in [2.45, 2.75) is 12.8 Å². The van der Waals surface area contributed by atoms with E-state index < -0.39 is 0 Å². The normalized spacial score (nSPS) is 10.3. The van der Waals surface area contributed by atoms with E-state index in [1.807, 2.05) is 6.07 Å². The predicted molar refractivity (Wildman–Crippen MR) is 98.0 cm³/mol. The summed E-state index contributed by atoms with van der Waals surface area (Å²) in [6, 6.07) is 19.7. The van der Waals surface area contributed by atoms with Crippen molar-refractivity contribution in [2.75, 3.05) is 5.32 Å². The van der Waals surface area contributed by atoms with Crippen LogP contribution in [0.4, 0.5) is 10.1 Å². The lowest BCUT2D eigenvalue weighted by Gasteiger charge is -2.09. The number of amides is 1. The molecule has 0 aliphatic carbocycles. The molecule has 3 aromatic carbocycles. The van der Waals surface area contributed by atoms with Gasteiger partial charge in [-0.15, -0.1) is 0 Å². The number of ether oxygens (including phenoxy) is 1. The van der Waals surface area contributed by atoms with E-state index in [9.17, 15) is 14.3 Å². The van der Waals surface area contributed by atoms with Gasteiger partial charge in [0.25, 0.3) is 0 Å². The Labute approximate surface area is 150 Å². The average molecular weight is 351 g/mol. The van der Waals surface area contributed by atoms with Crippen LogP contribution in [-0.4, -0.2) is 11.0 Å². The van der Waals surface area contributed by atoms with Gasteiger partial charge in [0.15, 0.2) is 0 Å². The van der Waals surface area contributed by atoms with Crippen molar-refractivity contribution < 1.29 is 19.0 Å². The molecule has 0 atom stereocenters. The number of halogens is 1. The minimum atomic E-state index is -0.365. The molecule has 1 amide bonds. The number of anilines is 1. The highest BCUT2D eigenvalue weighted by atomic mass is 19.1. The molecule has 2 N–H and O–H groups in total. The van der Waals surface area contributed by atoms with Crippen LogP contribution < -0.4 is 10.1 Å². The summed E-state index contributed by atoms with van der Waals surface area (Å²) < 4.78 is 18.7. The number of nitrogens with one attached hydrogen (secondary N) is 1. The van der Waals surface area contributed by atoms with Gasteiger partial charge in [0.05, 0.1) is 0 Å². The molecule has 0 saturated heterocycles. The Bertz CT molecular complexity index is 894. The molecule has 0 unspecified atom stereocenters. The predicted octanol–water partition coefficient (Wildman–Crippen LogP) is 4.89. The van der Waals surface area contributed by atoms with Crippen molar-refractivity contribution in [2.24, 2.45) is 0 Å². The molecule has 3 rings (SSSR count). The zero-order valence-electron chi connectivity index (χ0n) is 14.0. The number of carbonyl (C=O) groups is 1. The maximum absolute atomic E-state index is 13.2. The lowest BCUT2D eigenvalue weighted by molar-refractivity contribution is -0.116. The summed E-state index contributed by atoms with van der Waals surface area (Å²) >= 11 is 0. The number of benzene rings is 3. The van der Waals surface area contributed by atoms with Crippen molar-refractivity contribution in [3.8, 4) is 17.2 Å². The lowest BCUT2D eigenvalue weighted by atomic mass is 10.1. The smallest absolute Gasteiger partial charge is 0.224 e. The average Bonchev–Trinajstić information content (AvgIpc) is 2.63. The number of hydrogen-bond donors (Lipinski definition) is 2. The van der Waals surface area contributed by atoms with Crippen LogP contribution in [0, 0.1) is 5.82 Å². The maximum Gasteiger partial charge on any atom is 0.224 e. The highest BCUT2D eigenvalue weighted by Crippen LogP contribution is 2.24. The number of rotatable bonds is 6. The zero-order chi connectivity index (χ0) is 18.4. The molecule has 0 heterocycles. The quantitative estimate of drug-likeness (QED) is 0.664. The SMILES string of the molecule is O=C(CCc1ccccc1O)Nc1ccc(Oc2cccc(F)c2)cc1. The Balaban J connectivity index is 1.53. The van der Waals surface area contributed by atoms with Crippen molar-refractivity contribution >= 4 is 11.6 Å². The van der Waals surface area contributed by atoms with E-state index >= 15 is 0 Å². The fourth-order valence-corrected chi connectivity index (χ4v) is 2.47. The van der Waals surface area contributed by atoms with Crippen molar-refractivity contribution in [1.82, 2.24) is 0 Å². The van der Waals surface area contributed by atoms with Gasteiger partial charge in [0.2, 0.25) is 5.91 Å². The Hall–Kier alpha value is -3.34. The minimum absolute atomic E-state index is 0.146. The topological polar surface area (TPSA) is 58.6 Å². The van der Waals surface area contributed by atoms with Gasteiger partial charge in [-0.25, -0.2) is 4.39 Å². The number of aromatic hydroxyl groups is 1. The summed E-state index contributed by atoms with van der Waals surface area (Å²) in [5.41, 5.74) is 1.38. The molecule has 0 radical (unpaired) electrons. The monoisotopic (exact) mass is 351 g/mol. The molecule has 0 spiro atoms. The van der Waals surface area contributed by atoms with Gasteiger partial charge < -0.3 is 15.2 Å². The molecule has 0 bridgehead atoms. The van der Waals surface area contributed by atoms with Gasteiger partial charge in [-0.2, -0.15) is 0 Å². The van der Waals surface area contributed by atoms with Crippen molar-refractivity contribution in [1.29, 1.82) is 0 Å². The van der Waals surface area contributed by atoms with Gasteiger partial charge in [0.1, 0.15) is 23.1 Å². The first-order chi connectivity index (χ1) is 12.6. The lowest BCUT2D eigenvalue weighted by Crippen LogP contribution is -2.12. The van der Waals surface area contributed by atoms with E-state index in [0.717, 1.165) is 5.56 Å². The van der Waals surface area contributed by atoms with E-state index in [0.29, 0.717) is 23.6 Å². The summed E-state index contributed by atoms with van der Waals surface area (Å²) in [7, 11) is 0. The van der Waals surface area contributed by atoms with Crippen LogP contribution in [0.25, 0.3) is 0 Å². The fourth-order valence-electron chi connectivity index (χ4n) is 2.47. The molecular weight excluding hydrogens is 333 g/mol. The number of aryl methyl sites for hydroxylation is 1. The second-order valence-electron chi connectivity index (χ2n) is 5.76. The Morgan fingerprint density at radius 3 is 2.46 bits per heavy atom. The first-order valence-electron chi connectivity index (χ1n) is 8.20. The molecule has 0 aromatic heterocycles. The summed E-state index contributed by atoms with van der Waals surface area (Å²) in [6.45, 7) is 0. The van der Waals surface area contributed by atoms with E-state index in [-0.39, 0.29) is 23.9 Å². The number of phenols is 1. The molecule has 0 aliphatic rings. The second-order valence-corrected chi connectivity index (χ2v) is 5.76. The van der Waals surface area contributed by atoms with Crippen LogP contribution in [-0.2, 0) is 11.2 Å². The standard InChI is InChI=1S/C21H18FNO3/c22-16-5-3-6-19(14-16)26-18-11-9-17(10-12-18)23-21(25)13-8-15-4-1-2-7-20(15)24/h1-7,9-12,14,24H,8,13H2,(H,23,25). The number of hydrogen-bond acceptors (Lipinski definition) is 3. The molecule has 0 aliphatic heterocycles. The highest BCUT2D eigenvalue weighted by molar-refractivity contribution is 5.90. The number of para-hydroxylation sites is 1. The Kier molecular flexibility index (Phi) is 5.49. The van der Waals surface area contributed by atoms with Crippen molar-refractivity contribution in [3.05, 3.63) is 84.2 Å². The molecule has 0 fully saturated rings. The highest BCUT2D eigenvalue weighted by Gasteiger charge is 2.06. The van der Waals surface area contributed by atoms with Gasteiger partial charge in [-0.05, 0) is 54.4 Å². The molecule has 4 nitrogen and oxygen atoms in total. The third-order valence-corrected chi connectivity index (χ3v) is 3.78. The van der Waals surface area contributed by atoms with Crippen LogP contribution in [0.3, 0.4) is 0 Å². The van der Waals surface area contributed by atoms with Crippen molar-refractivity contribution in [3.63, 3.8) is 0 Å². The van der Waals surface area contributed by atoms with Crippen LogP contribution >= 0.6 is 0 Å². The summed E-state index contributed by atoms with van der Waals surface area (Å²) in [5, 5.41) is 12.5. The Morgan fingerprint density at radius 1 is 0.962 bits per heavy atom. The molecule has 132 valence electrons. The third kappa shape index (κ3) is 4.83. The van der Waals surface area contributed by atoms with Crippen LogP contribution in [0.15, 0.2) is 72.8 Å². The van der Waals surface area contributed by atoms with E-state index in [4.69, 9.17) is 4.74 Å². The molecule has 0 saturated carbocycles. The summed E-state index contributed by atoms with van der Waals surface area (Å²) in [6.07, 6.45) is 0.721. The Morgan fingerprint density at radius 2 is 1.73 bits per heavy atom. The second kappa shape index (κ2) is 8.16. The number of carbonyl (C=O) groups excluding carboxylic acids is 1. The summed E-state index contributed by atoms with van der Waals surface area (Å²) in [5.74, 6) is 0.634. The van der Waals surface area contributed by atoms with E-state index in [1.54, 1.807) is 54.6 Å². The van der Waals surface area contributed by atoms with Gasteiger partial charge >= 0.3 is 0 Å². The molecule has 26 heavy (non-hydrogen) atoms. The number of phenolic OH excluding ortho intramolecular Hbond substituents is 1.